The molecule has 2 aliphatic carbocycles. The predicted molar refractivity (Wildman–Crippen MR) is 116 cm³/mol. The van der Waals surface area contributed by atoms with Crippen LogP contribution in [-0.2, 0) is 22.5 Å². The topological polar surface area (TPSA) is 72.1 Å². The van der Waals surface area contributed by atoms with Crippen molar-refractivity contribution in [2.45, 2.75) is 95.7 Å². The highest BCUT2D eigenvalue weighted by Gasteiger charge is 2.65. The Bertz CT molecular complexity index is 845. The summed E-state index contributed by atoms with van der Waals surface area (Å²) in [5, 5.41) is 20.8. The van der Waals surface area contributed by atoms with Crippen LogP contribution in [0.1, 0.15) is 70.8 Å². The molecule has 0 saturated carbocycles. The summed E-state index contributed by atoms with van der Waals surface area (Å²) in [7, 11) is 0. The Morgan fingerprint density at radius 1 is 1.27 bits per heavy atom. The van der Waals surface area contributed by atoms with Gasteiger partial charge in [0, 0.05) is 16.9 Å². The highest BCUT2D eigenvalue weighted by atomic mass is 35.5. The number of halogens is 1. The van der Waals surface area contributed by atoms with Gasteiger partial charge in [-0.15, -0.1) is 11.6 Å². The summed E-state index contributed by atoms with van der Waals surface area (Å²) >= 11 is 6.89. The van der Waals surface area contributed by atoms with Gasteiger partial charge in [-0.05, 0) is 50.7 Å². The second-order valence-corrected chi connectivity index (χ2v) is 10.7. The zero-order valence-electron chi connectivity index (χ0n) is 18.9. The van der Waals surface area contributed by atoms with Crippen molar-refractivity contribution in [1.29, 1.82) is 0 Å². The van der Waals surface area contributed by atoms with Crippen LogP contribution >= 0.6 is 11.6 Å². The minimum atomic E-state index is -1.24. The molecule has 0 bridgehead atoms. The summed E-state index contributed by atoms with van der Waals surface area (Å²) in [6, 6.07) is 0. The molecule has 1 fully saturated rings. The molecule has 1 aromatic heterocycles. The van der Waals surface area contributed by atoms with Gasteiger partial charge in [0.15, 0.2) is 0 Å². The van der Waals surface area contributed by atoms with E-state index in [4.69, 9.17) is 25.5 Å². The van der Waals surface area contributed by atoms with Crippen molar-refractivity contribution in [3.63, 3.8) is 0 Å². The molecule has 0 spiro atoms. The van der Waals surface area contributed by atoms with E-state index >= 15 is 0 Å². The van der Waals surface area contributed by atoms with E-state index in [2.05, 4.69) is 6.92 Å². The molecule has 0 radical (unpaired) electrons. The molecule has 0 amide bonds. The van der Waals surface area contributed by atoms with Crippen LogP contribution in [0.2, 0.25) is 0 Å². The van der Waals surface area contributed by atoms with Gasteiger partial charge in [0.05, 0.1) is 24.4 Å². The summed E-state index contributed by atoms with van der Waals surface area (Å²) in [5.74, 6) is 0.660. The van der Waals surface area contributed by atoms with Crippen LogP contribution in [0.4, 0.5) is 0 Å². The molecule has 4 rings (SSSR count). The van der Waals surface area contributed by atoms with E-state index < -0.39 is 22.7 Å². The molecule has 2 heterocycles. The van der Waals surface area contributed by atoms with Crippen LogP contribution in [0, 0.1) is 11.3 Å². The largest absolute Gasteiger partial charge is 0.466 e. The number of aliphatic hydroxyl groups is 2. The van der Waals surface area contributed by atoms with Crippen LogP contribution in [0.5, 0.6) is 0 Å². The van der Waals surface area contributed by atoms with Gasteiger partial charge in [0.1, 0.15) is 29.7 Å². The molecule has 168 valence electrons. The number of rotatable bonds is 4. The summed E-state index contributed by atoms with van der Waals surface area (Å²) < 4.78 is 18.6. The van der Waals surface area contributed by atoms with Gasteiger partial charge in [-0.25, -0.2) is 0 Å². The Labute approximate surface area is 184 Å². The Kier molecular flexibility index (Phi) is 5.47. The molecule has 2 N–H and O–H groups in total. The molecule has 6 unspecified atom stereocenters. The van der Waals surface area contributed by atoms with E-state index in [1.807, 2.05) is 40.7 Å². The first-order chi connectivity index (χ1) is 14.0. The van der Waals surface area contributed by atoms with Gasteiger partial charge in [0.25, 0.3) is 0 Å². The maximum atomic E-state index is 11.8. The lowest BCUT2D eigenvalue weighted by Crippen LogP contribution is -2.70. The van der Waals surface area contributed by atoms with E-state index in [9.17, 15) is 10.2 Å². The molecule has 0 aromatic carbocycles. The third-order valence-electron chi connectivity index (χ3n) is 7.90. The number of aliphatic hydroxyl groups excluding tert-OH is 1. The monoisotopic (exact) mass is 438 g/mol. The highest BCUT2D eigenvalue weighted by molar-refractivity contribution is 6.23. The SMILES string of the molecule is CC(C)OC1C2(C)OCC3c4coc(CO)c4CCC3(C)C2=CC(Cl)C1(O)C(C)C. The van der Waals surface area contributed by atoms with Gasteiger partial charge in [-0.1, -0.05) is 26.8 Å². The number of furan rings is 1. The van der Waals surface area contributed by atoms with Crippen molar-refractivity contribution in [1.82, 2.24) is 0 Å². The van der Waals surface area contributed by atoms with Crippen molar-refractivity contribution in [2.24, 2.45) is 11.3 Å². The average Bonchev–Trinajstić information content (AvgIpc) is 3.09. The molecular formula is C24H35ClO5. The second kappa shape index (κ2) is 7.35. The normalized spacial score (nSPS) is 40.8. The molecule has 3 aliphatic rings. The summed E-state index contributed by atoms with van der Waals surface area (Å²) in [4.78, 5) is 0. The van der Waals surface area contributed by atoms with Crippen LogP contribution in [0.25, 0.3) is 0 Å². The lowest BCUT2D eigenvalue weighted by Gasteiger charge is -2.61. The van der Waals surface area contributed by atoms with Crippen LogP contribution in [-0.4, -0.2) is 45.6 Å². The fourth-order valence-corrected chi connectivity index (χ4v) is 6.61. The number of hydrogen-bond donors (Lipinski definition) is 2. The molecule has 1 aromatic rings. The van der Waals surface area contributed by atoms with Gasteiger partial charge < -0.3 is 24.1 Å². The van der Waals surface area contributed by atoms with Crippen molar-refractivity contribution in [3.8, 4) is 0 Å². The zero-order valence-corrected chi connectivity index (χ0v) is 19.6. The molecule has 6 heteroatoms. The highest BCUT2D eigenvalue weighted by Crippen LogP contribution is 2.61. The van der Waals surface area contributed by atoms with Crippen LogP contribution in [0.15, 0.2) is 22.3 Å². The minimum absolute atomic E-state index is 0.0756. The van der Waals surface area contributed by atoms with Crippen molar-refractivity contribution < 1.29 is 24.1 Å². The van der Waals surface area contributed by atoms with E-state index in [0.717, 1.165) is 29.5 Å². The third-order valence-corrected chi connectivity index (χ3v) is 8.38. The Morgan fingerprint density at radius 3 is 2.57 bits per heavy atom. The van der Waals surface area contributed by atoms with E-state index in [-0.39, 0.29) is 30.0 Å². The van der Waals surface area contributed by atoms with Crippen LogP contribution in [0.3, 0.4) is 0 Å². The first-order valence-electron chi connectivity index (χ1n) is 11.1. The fourth-order valence-electron chi connectivity index (χ4n) is 6.12. The standard InChI is InChI=1S/C24H35ClO5/c1-13(2)24(27)20(25)9-19-22(5)8-7-15-16(11-28-18(15)10-26)17(22)12-29-23(19,6)21(24)30-14(3)4/h9,11,13-14,17,20-21,26-27H,7-8,10,12H2,1-6H3. The van der Waals surface area contributed by atoms with Crippen LogP contribution < -0.4 is 0 Å². The maximum Gasteiger partial charge on any atom is 0.132 e. The molecule has 6 atom stereocenters. The number of ether oxygens (including phenoxy) is 2. The maximum absolute atomic E-state index is 11.8. The minimum Gasteiger partial charge on any atom is -0.466 e. The smallest absolute Gasteiger partial charge is 0.132 e. The molecule has 1 aliphatic heterocycles. The van der Waals surface area contributed by atoms with Gasteiger partial charge in [-0.2, -0.15) is 0 Å². The van der Waals surface area contributed by atoms with Crippen molar-refractivity contribution in [2.75, 3.05) is 6.61 Å². The summed E-state index contributed by atoms with van der Waals surface area (Å²) in [5.41, 5.74) is 1.13. The fraction of sp³-hybridized carbons (Fsp3) is 0.750. The van der Waals surface area contributed by atoms with Crippen molar-refractivity contribution >= 4 is 11.6 Å². The number of hydrogen-bond acceptors (Lipinski definition) is 5. The van der Waals surface area contributed by atoms with Gasteiger partial charge in [0.2, 0.25) is 0 Å². The quantitative estimate of drug-likeness (QED) is 0.541. The first-order valence-corrected chi connectivity index (χ1v) is 11.5. The van der Waals surface area contributed by atoms with E-state index in [1.165, 1.54) is 0 Å². The van der Waals surface area contributed by atoms with E-state index in [1.54, 1.807) is 6.26 Å². The first kappa shape index (κ1) is 22.3. The summed E-state index contributed by atoms with van der Waals surface area (Å²) in [6.07, 6.45) is 4.89. The van der Waals surface area contributed by atoms with Gasteiger partial charge in [-0.3, -0.25) is 0 Å². The zero-order chi connectivity index (χ0) is 22.1. The number of alkyl halides is 1. The van der Waals surface area contributed by atoms with E-state index in [0.29, 0.717) is 12.4 Å². The molecule has 1 saturated heterocycles. The number of fused-ring (bicyclic) bond motifs is 5. The molecule has 30 heavy (non-hydrogen) atoms. The summed E-state index contributed by atoms with van der Waals surface area (Å²) in [6.45, 7) is 12.7. The molecule has 5 nitrogen and oxygen atoms in total. The van der Waals surface area contributed by atoms with Gasteiger partial charge >= 0.3 is 0 Å². The molecular weight excluding hydrogens is 404 g/mol. The lowest BCUT2D eigenvalue weighted by molar-refractivity contribution is -0.242. The third kappa shape index (κ3) is 2.89. The Balaban J connectivity index is 1.84. The lowest BCUT2D eigenvalue weighted by atomic mass is 9.53. The Hall–Kier alpha value is -0.850. The van der Waals surface area contributed by atoms with Crippen molar-refractivity contribution in [3.05, 3.63) is 34.8 Å². The average molecular weight is 439 g/mol. The predicted octanol–water partition coefficient (Wildman–Crippen LogP) is 4.33. The second-order valence-electron chi connectivity index (χ2n) is 10.2. The Morgan fingerprint density at radius 2 is 1.97 bits per heavy atom.